The fourth-order valence-corrected chi connectivity index (χ4v) is 0.624. The molecule has 1 aliphatic heterocycles. The standard InChI is InChI=1S/C7H9NO2/c1-2-8-5-6-3-4-10-7(6)9/h3-5,8H,2H2,1H3. The SMILES string of the molecule is CCNC=C1C=COC1=O. The summed E-state index contributed by atoms with van der Waals surface area (Å²) < 4.78 is 4.53. The lowest BCUT2D eigenvalue weighted by Gasteiger charge is -1.93. The van der Waals surface area contributed by atoms with E-state index in [0.717, 1.165) is 6.54 Å². The Hall–Kier alpha value is -1.25. The van der Waals surface area contributed by atoms with Crippen LogP contribution < -0.4 is 5.32 Å². The molecule has 0 spiro atoms. The number of rotatable bonds is 2. The van der Waals surface area contributed by atoms with E-state index in [1.807, 2.05) is 6.92 Å². The molecule has 0 radical (unpaired) electrons. The van der Waals surface area contributed by atoms with Crippen LogP contribution in [0.4, 0.5) is 0 Å². The summed E-state index contributed by atoms with van der Waals surface area (Å²) in [5, 5.41) is 2.91. The van der Waals surface area contributed by atoms with Gasteiger partial charge in [-0.2, -0.15) is 0 Å². The summed E-state index contributed by atoms with van der Waals surface area (Å²) in [4.78, 5) is 10.7. The third-order valence-electron chi connectivity index (χ3n) is 1.12. The van der Waals surface area contributed by atoms with Gasteiger partial charge in [0.25, 0.3) is 0 Å². The molecule has 0 aromatic heterocycles. The second-order valence-electron chi connectivity index (χ2n) is 1.87. The van der Waals surface area contributed by atoms with E-state index < -0.39 is 0 Å². The van der Waals surface area contributed by atoms with Crippen molar-refractivity contribution in [2.45, 2.75) is 6.92 Å². The quantitative estimate of drug-likeness (QED) is 0.448. The van der Waals surface area contributed by atoms with Crippen molar-refractivity contribution >= 4 is 5.97 Å². The van der Waals surface area contributed by atoms with Crippen LogP contribution in [0.5, 0.6) is 0 Å². The Morgan fingerprint density at radius 1 is 1.80 bits per heavy atom. The van der Waals surface area contributed by atoms with Crippen LogP contribution in [-0.2, 0) is 9.53 Å². The summed E-state index contributed by atoms with van der Waals surface area (Å²) in [5.74, 6) is -0.291. The Labute approximate surface area is 59.4 Å². The Balaban J connectivity index is 2.54. The maximum Gasteiger partial charge on any atom is 0.344 e. The van der Waals surface area contributed by atoms with Crippen molar-refractivity contribution in [1.82, 2.24) is 5.32 Å². The predicted octanol–water partition coefficient (Wildman–Crippen LogP) is 0.550. The second kappa shape index (κ2) is 3.06. The van der Waals surface area contributed by atoms with Crippen molar-refractivity contribution in [3.8, 4) is 0 Å². The molecule has 1 aliphatic rings. The van der Waals surface area contributed by atoms with Crippen molar-refractivity contribution in [3.05, 3.63) is 24.1 Å². The van der Waals surface area contributed by atoms with Crippen LogP contribution >= 0.6 is 0 Å². The first-order valence-corrected chi connectivity index (χ1v) is 3.15. The average Bonchev–Trinajstić information content (AvgIpc) is 2.31. The zero-order chi connectivity index (χ0) is 7.40. The number of esters is 1. The van der Waals surface area contributed by atoms with Crippen molar-refractivity contribution in [2.24, 2.45) is 0 Å². The number of cyclic esters (lactones) is 1. The summed E-state index contributed by atoms with van der Waals surface area (Å²) in [7, 11) is 0. The Bertz CT molecular complexity index is 194. The van der Waals surface area contributed by atoms with Gasteiger partial charge in [-0.05, 0) is 13.0 Å². The molecule has 54 valence electrons. The molecule has 0 fully saturated rings. The summed E-state index contributed by atoms with van der Waals surface area (Å²) in [6.45, 7) is 2.77. The molecule has 1 heterocycles. The first kappa shape index (κ1) is 6.86. The van der Waals surface area contributed by atoms with E-state index >= 15 is 0 Å². The minimum Gasteiger partial charge on any atom is -0.431 e. The molecule has 1 rings (SSSR count). The van der Waals surface area contributed by atoms with E-state index in [4.69, 9.17) is 0 Å². The number of ether oxygens (including phenoxy) is 1. The van der Waals surface area contributed by atoms with Crippen LogP contribution in [0.1, 0.15) is 6.92 Å². The normalized spacial score (nSPS) is 19.7. The van der Waals surface area contributed by atoms with Crippen LogP contribution in [0.3, 0.4) is 0 Å². The smallest absolute Gasteiger partial charge is 0.344 e. The zero-order valence-corrected chi connectivity index (χ0v) is 5.76. The van der Waals surface area contributed by atoms with Crippen molar-refractivity contribution < 1.29 is 9.53 Å². The van der Waals surface area contributed by atoms with Gasteiger partial charge in [0.2, 0.25) is 0 Å². The van der Waals surface area contributed by atoms with Crippen molar-refractivity contribution in [1.29, 1.82) is 0 Å². The largest absolute Gasteiger partial charge is 0.431 e. The average molecular weight is 139 g/mol. The monoisotopic (exact) mass is 139 g/mol. The van der Waals surface area contributed by atoms with E-state index in [0.29, 0.717) is 5.57 Å². The van der Waals surface area contributed by atoms with Gasteiger partial charge in [0, 0.05) is 12.7 Å². The summed E-state index contributed by atoms with van der Waals surface area (Å²) in [5.41, 5.74) is 0.571. The topological polar surface area (TPSA) is 38.3 Å². The molecule has 1 N–H and O–H groups in total. The summed E-state index contributed by atoms with van der Waals surface area (Å²) >= 11 is 0. The number of nitrogens with one attached hydrogen (secondary N) is 1. The van der Waals surface area contributed by atoms with Crippen LogP contribution in [0.2, 0.25) is 0 Å². The van der Waals surface area contributed by atoms with E-state index in [1.54, 1.807) is 12.3 Å². The van der Waals surface area contributed by atoms with Gasteiger partial charge >= 0.3 is 5.97 Å². The molecule has 0 bridgehead atoms. The van der Waals surface area contributed by atoms with Crippen molar-refractivity contribution in [2.75, 3.05) is 6.54 Å². The highest BCUT2D eigenvalue weighted by Crippen LogP contribution is 2.06. The molecule has 0 aromatic rings. The highest BCUT2D eigenvalue weighted by molar-refractivity contribution is 5.93. The molecule has 0 unspecified atom stereocenters. The highest BCUT2D eigenvalue weighted by atomic mass is 16.5. The summed E-state index contributed by atoms with van der Waals surface area (Å²) in [6.07, 6.45) is 4.66. The lowest BCUT2D eigenvalue weighted by molar-refractivity contribution is -0.132. The third kappa shape index (κ3) is 1.37. The Morgan fingerprint density at radius 2 is 2.60 bits per heavy atom. The van der Waals surface area contributed by atoms with Gasteiger partial charge in [0.05, 0.1) is 11.8 Å². The van der Waals surface area contributed by atoms with Gasteiger partial charge in [0.1, 0.15) is 0 Å². The fraction of sp³-hybridized carbons (Fsp3) is 0.286. The Morgan fingerprint density at radius 3 is 3.10 bits per heavy atom. The number of hydrogen-bond donors (Lipinski definition) is 1. The summed E-state index contributed by atoms with van der Waals surface area (Å²) in [6, 6.07) is 0. The maximum absolute atomic E-state index is 10.7. The minimum atomic E-state index is -0.291. The molecule has 3 nitrogen and oxygen atoms in total. The maximum atomic E-state index is 10.7. The molecule has 0 aliphatic carbocycles. The van der Waals surface area contributed by atoms with Gasteiger partial charge < -0.3 is 10.1 Å². The number of carbonyl (C=O) groups excluding carboxylic acids is 1. The molecule has 0 aromatic carbocycles. The molecule has 10 heavy (non-hydrogen) atoms. The van der Waals surface area contributed by atoms with Crippen LogP contribution in [0.15, 0.2) is 24.1 Å². The molecule has 0 amide bonds. The highest BCUT2D eigenvalue weighted by Gasteiger charge is 2.11. The van der Waals surface area contributed by atoms with Gasteiger partial charge in [0.15, 0.2) is 0 Å². The van der Waals surface area contributed by atoms with E-state index in [9.17, 15) is 4.79 Å². The molecule has 3 heteroatoms. The van der Waals surface area contributed by atoms with Gasteiger partial charge in [-0.15, -0.1) is 0 Å². The van der Waals surface area contributed by atoms with Crippen LogP contribution in [-0.4, -0.2) is 12.5 Å². The second-order valence-corrected chi connectivity index (χ2v) is 1.87. The molecular formula is C7H9NO2. The molecule has 0 saturated heterocycles. The van der Waals surface area contributed by atoms with Crippen molar-refractivity contribution in [3.63, 3.8) is 0 Å². The number of hydrogen-bond acceptors (Lipinski definition) is 3. The van der Waals surface area contributed by atoms with Crippen LogP contribution in [0, 0.1) is 0 Å². The van der Waals surface area contributed by atoms with Gasteiger partial charge in [-0.3, -0.25) is 0 Å². The zero-order valence-electron chi connectivity index (χ0n) is 5.76. The third-order valence-corrected chi connectivity index (χ3v) is 1.12. The van der Waals surface area contributed by atoms with Gasteiger partial charge in [-0.1, -0.05) is 0 Å². The van der Waals surface area contributed by atoms with E-state index in [1.165, 1.54) is 6.26 Å². The lowest BCUT2D eigenvalue weighted by atomic mass is 10.3. The fourth-order valence-electron chi connectivity index (χ4n) is 0.624. The minimum absolute atomic E-state index is 0.291. The molecular weight excluding hydrogens is 130 g/mol. The van der Waals surface area contributed by atoms with E-state index in [2.05, 4.69) is 10.1 Å². The molecule has 0 saturated carbocycles. The van der Waals surface area contributed by atoms with E-state index in [-0.39, 0.29) is 5.97 Å². The van der Waals surface area contributed by atoms with Crippen LogP contribution in [0.25, 0.3) is 0 Å². The molecule has 0 atom stereocenters. The van der Waals surface area contributed by atoms with Gasteiger partial charge in [-0.25, -0.2) is 4.79 Å². The first-order valence-electron chi connectivity index (χ1n) is 3.15. The Kier molecular flexibility index (Phi) is 2.10. The number of carbonyl (C=O) groups is 1. The lowest BCUT2D eigenvalue weighted by Crippen LogP contribution is -2.06. The first-order chi connectivity index (χ1) is 4.84. The predicted molar refractivity (Wildman–Crippen MR) is 37.0 cm³/mol.